The van der Waals surface area contributed by atoms with Crippen molar-refractivity contribution in [2.45, 2.75) is 31.2 Å². The lowest BCUT2D eigenvalue weighted by molar-refractivity contribution is -0.143. The molecule has 0 atom stereocenters. The molecule has 5 nitrogen and oxygen atoms in total. The Morgan fingerprint density at radius 2 is 1.48 bits per heavy atom. The molecule has 0 radical (unpaired) electrons. The van der Waals surface area contributed by atoms with Crippen LogP contribution in [0.5, 0.6) is 0 Å². The van der Waals surface area contributed by atoms with Crippen LogP contribution in [0.15, 0.2) is 42.5 Å². The number of carbonyl (C=O) groups is 2. The van der Waals surface area contributed by atoms with Crippen LogP contribution in [0, 0.1) is 0 Å². The maximum absolute atomic E-state index is 12.9. The van der Waals surface area contributed by atoms with Crippen LogP contribution in [0.2, 0.25) is 0 Å². The fourth-order valence-electron chi connectivity index (χ4n) is 2.71. The topological polar surface area (TPSA) is 70.2 Å². The van der Waals surface area contributed by atoms with Gasteiger partial charge in [-0.2, -0.15) is 26.3 Å². The van der Waals surface area contributed by atoms with Gasteiger partial charge >= 0.3 is 12.4 Å². The third-order valence-electron chi connectivity index (χ3n) is 4.40. The molecule has 3 N–H and O–H groups in total. The van der Waals surface area contributed by atoms with Crippen LogP contribution in [0.25, 0.3) is 0 Å². The zero-order valence-electron chi connectivity index (χ0n) is 15.8. The molecule has 1 aliphatic carbocycles. The van der Waals surface area contributed by atoms with Gasteiger partial charge in [0.2, 0.25) is 5.91 Å². The molecular formula is C20H17F6N3O2. The summed E-state index contributed by atoms with van der Waals surface area (Å²) in [5.74, 6) is -1.14. The zero-order valence-corrected chi connectivity index (χ0v) is 15.8. The van der Waals surface area contributed by atoms with Crippen LogP contribution in [0.3, 0.4) is 0 Å². The van der Waals surface area contributed by atoms with Gasteiger partial charge in [0, 0.05) is 11.7 Å². The molecule has 0 heterocycles. The number of hydrogen-bond acceptors (Lipinski definition) is 3. The third kappa shape index (κ3) is 6.12. The molecule has 2 aromatic carbocycles. The molecule has 0 aromatic heterocycles. The molecule has 0 unspecified atom stereocenters. The summed E-state index contributed by atoms with van der Waals surface area (Å²) in [6.45, 7) is -0.614. The van der Waals surface area contributed by atoms with Crippen LogP contribution in [0.4, 0.5) is 37.7 Å². The number of amides is 2. The summed E-state index contributed by atoms with van der Waals surface area (Å²) in [7, 11) is 0. The van der Waals surface area contributed by atoms with Crippen molar-refractivity contribution in [3.8, 4) is 0 Å². The molecule has 166 valence electrons. The van der Waals surface area contributed by atoms with Crippen molar-refractivity contribution in [1.82, 2.24) is 5.32 Å². The summed E-state index contributed by atoms with van der Waals surface area (Å²) in [4.78, 5) is 24.5. The molecule has 31 heavy (non-hydrogen) atoms. The first-order valence-electron chi connectivity index (χ1n) is 9.16. The van der Waals surface area contributed by atoms with E-state index in [0.29, 0.717) is 12.1 Å². The number of alkyl halides is 6. The Morgan fingerprint density at radius 1 is 0.903 bits per heavy atom. The number of rotatable bonds is 6. The van der Waals surface area contributed by atoms with E-state index in [1.165, 1.54) is 12.1 Å². The fraction of sp³-hybridized carbons (Fsp3) is 0.300. The van der Waals surface area contributed by atoms with E-state index in [4.69, 9.17) is 0 Å². The molecule has 11 heteroatoms. The monoisotopic (exact) mass is 445 g/mol. The van der Waals surface area contributed by atoms with E-state index in [0.717, 1.165) is 12.8 Å². The first-order chi connectivity index (χ1) is 14.4. The Kier molecular flexibility index (Phi) is 6.14. The molecule has 0 bridgehead atoms. The maximum atomic E-state index is 12.9. The summed E-state index contributed by atoms with van der Waals surface area (Å²) in [5, 5.41) is 7.47. The largest absolute Gasteiger partial charge is 0.416 e. The van der Waals surface area contributed by atoms with E-state index in [-0.39, 0.29) is 29.3 Å². The molecule has 1 fully saturated rings. The first-order valence-corrected chi connectivity index (χ1v) is 9.16. The molecule has 2 aromatic rings. The number of hydrogen-bond donors (Lipinski definition) is 3. The van der Waals surface area contributed by atoms with Crippen molar-refractivity contribution in [3.05, 3.63) is 59.2 Å². The number of benzene rings is 2. The predicted octanol–water partition coefficient (Wildman–Crippen LogP) is 4.67. The second-order valence-electron chi connectivity index (χ2n) is 6.99. The fourth-order valence-corrected chi connectivity index (χ4v) is 2.71. The SMILES string of the molecule is O=C(CNc1cc(C(F)(F)F)cc(C(F)(F)F)c1)Nc1ccccc1C(=O)NC1CC1. The minimum absolute atomic E-state index is 0.0000235. The lowest BCUT2D eigenvalue weighted by Crippen LogP contribution is -2.28. The normalized spacial score (nSPS) is 14.1. The Labute approximate surface area is 172 Å². The van der Waals surface area contributed by atoms with E-state index in [1.807, 2.05) is 0 Å². The third-order valence-corrected chi connectivity index (χ3v) is 4.40. The summed E-state index contributed by atoms with van der Waals surface area (Å²) >= 11 is 0. The van der Waals surface area contributed by atoms with Gasteiger partial charge in [-0.15, -0.1) is 0 Å². The second-order valence-corrected chi connectivity index (χ2v) is 6.99. The lowest BCUT2D eigenvalue weighted by atomic mass is 10.1. The molecule has 1 saturated carbocycles. The Bertz CT molecular complexity index is 951. The Balaban J connectivity index is 1.71. The zero-order chi connectivity index (χ0) is 22.8. The molecule has 3 rings (SSSR count). The standard InChI is InChI=1S/C20H17F6N3O2/c21-19(22,23)11-7-12(20(24,25)26)9-14(8-11)27-10-17(30)29-16-4-2-1-3-15(16)18(31)28-13-5-6-13/h1-4,7-9,13,27H,5-6,10H2,(H,28,31)(H,29,30). The average molecular weight is 445 g/mol. The number of carbonyl (C=O) groups excluding carboxylic acids is 2. The molecule has 0 aliphatic heterocycles. The Morgan fingerprint density at radius 3 is 2.03 bits per heavy atom. The van der Waals surface area contributed by atoms with E-state index < -0.39 is 41.6 Å². The lowest BCUT2D eigenvalue weighted by Gasteiger charge is -2.15. The number of anilines is 2. The predicted molar refractivity (Wildman–Crippen MR) is 100 cm³/mol. The van der Waals surface area contributed by atoms with E-state index in [2.05, 4.69) is 16.0 Å². The molecular weight excluding hydrogens is 428 g/mol. The van der Waals surface area contributed by atoms with Crippen molar-refractivity contribution in [2.75, 3.05) is 17.2 Å². The van der Waals surface area contributed by atoms with Gasteiger partial charge in [0.1, 0.15) is 0 Å². The quantitative estimate of drug-likeness (QED) is 0.567. The van der Waals surface area contributed by atoms with Crippen molar-refractivity contribution >= 4 is 23.2 Å². The molecule has 1 aliphatic rings. The van der Waals surface area contributed by atoms with Crippen LogP contribution < -0.4 is 16.0 Å². The summed E-state index contributed by atoms with van der Waals surface area (Å²) in [6, 6.07) is 7.17. The van der Waals surface area contributed by atoms with Crippen LogP contribution in [0.1, 0.15) is 34.3 Å². The number of halogens is 6. The summed E-state index contributed by atoms with van der Waals surface area (Å²) in [5.41, 5.74) is -3.13. The van der Waals surface area contributed by atoms with Gasteiger partial charge in [-0.1, -0.05) is 12.1 Å². The molecule has 0 saturated heterocycles. The van der Waals surface area contributed by atoms with Gasteiger partial charge in [0.15, 0.2) is 0 Å². The van der Waals surface area contributed by atoms with Crippen LogP contribution in [-0.2, 0) is 17.1 Å². The summed E-state index contributed by atoms with van der Waals surface area (Å²) in [6.07, 6.45) is -8.26. The summed E-state index contributed by atoms with van der Waals surface area (Å²) < 4.78 is 77.6. The van der Waals surface area contributed by atoms with Crippen molar-refractivity contribution in [3.63, 3.8) is 0 Å². The van der Waals surface area contributed by atoms with E-state index >= 15 is 0 Å². The van der Waals surface area contributed by atoms with Gasteiger partial charge in [-0.3, -0.25) is 9.59 Å². The second kappa shape index (κ2) is 8.48. The van der Waals surface area contributed by atoms with E-state index in [9.17, 15) is 35.9 Å². The van der Waals surface area contributed by atoms with Crippen molar-refractivity contribution < 1.29 is 35.9 Å². The molecule has 2 amide bonds. The number of para-hydroxylation sites is 1. The smallest absolute Gasteiger partial charge is 0.376 e. The van der Waals surface area contributed by atoms with Crippen LogP contribution in [-0.4, -0.2) is 24.4 Å². The minimum Gasteiger partial charge on any atom is -0.376 e. The highest BCUT2D eigenvalue weighted by atomic mass is 19.4. The highest BCUT2D eigenvalue weighted by Gasteiger charge is 2.37. The van der Waals surface area contributed by atoms with Gasteiger partial charge in [-0.05, 0) is 43.2 Å². The average Bonchev–Trinajstić information content (AvgIpc) is 3.49. The maximum Gasteiger partial charge on any atom is 0.416 e. The van der Waals surface area contributed by atoms with Gasteiger partial charge in [-0.25, -0.2) is 0 Å². The highest BCUT2D eigenvalue weighted by Crippen LogP contribution is 2.37. The first kappa shape index (κ1) is 22.4. The Hall–Kier alpha value is -3.24. The van der Waals surface area contributed by atoms with Gasteiger partial charge in [0.05, 0.1) is 28.9 Å². The minimum atomic E-state index is -4.99. The van der Waals surface area contributed by atoms with Gasteiger partial charge < -0.3 is 16.0 Å². The van der Waals surface area contributed by atoms with Crippen molar-refractivity contribution in [2.24, 2.45) is 0 Å². The van der Waals surface area contributed by atoms with Crippen molar-refractivity contribution in [1.29, 1.82) is 0 Å². The highest BCUT2D eigenvalue weighted by molar-refractivity contribution is 6.04. The number of nitrogens with one attached hydrogen (secondary N) is 3. The van der Waals surface area contributed by atoms with Crippen LogP contribution >= 0.6 is 0 Å². The molecule has 0 spiro atoms. The van der Waals surface area contributed by atoms with E-state index in [1.54, 1.807) is 12.1 Å². The van der Waals surface area contributed by atoms with Gasteiger partial charge in [0.25, 0.3) is 5.91 Å².